The highest BCUT2D eigenvalue weighted by atomic mass is 35.5. The first-order valence-electron chi connectivity index (χ1n) is 8.85. The summed E-state index contributed by atoms with van der Waals surface area (Å²) >= 11 is 13.8. The molecule has 0 saturated heterocycles. The third-order valence-electron chi connectivity index (χ3n) is 4.29. The van der Waals surface area contributed by atoms with Crippen molar-refractivity contribution in [3.8, 4) is 17.1 Å². The zero-order valence-corrected chi connectivity index (χ0v) is 17.3. The van der Waals surface area contributed by atoms with Gasteiger partial charge in [-0.25, -0.2) is 0 Å². The van der Waals surface area contributed by atoms with Crippen molar-refractivity contribution in [2.24, 2.45) is 0 Å². The minimum absolute atomic E-state index is 0.693. The highest BCUT2D eigenvalue weighted by Gasteiger charge is 2.16. The van der Waals surface area contributed by atoms with Gasteiger partial charge < -0.3 is 0 Å². The molecule has 0 bridgehead atoms. The molecule has 0 aliphatic carbocycles. The van der Waals surface area contributed by atoms with Crippen molar-refractivity contribution in [3.63, 3.8) is 0 Å². The molecule has 3 nitrogen and oxygen atoms in total. The molecule has 0 aliphatic rings. The number of aryl methyl sites for hydroxylation is 1. The van der Waals surface area contributed by atoms with Gasteiger partial charge in [-0.15, -0.1) is 10.2 Å². The second kappa shape index (κ2) is 8.82. The summed E-state index contributed by atoms with van der Waals surface area (Å²) in [5.41, 5.74) is 3.24. The maximum atomic E-state index is 6.08. The quantitative estimate of drug-likeness (QED) is 0.327. The average molecular weight is 426 g/mol. The Morgan fingerprint density at radius 3 is 2.07 bits per heavy atom. The highest BCUT2D eigenvalue weighted by molar-refractivity contribution is 7.99. The molecule has 28 heavy (non-hydrogen) atoms. The van der Waals surface area contributed by atoms with Crippen molar-refractivity contribution < 1.29 is 0 Å². The fourth-order valence-electron chi connectivity index (χ4n) is 2.88. The van der Waals surface area contributed by atoms with Crippen LogP contribution in [0.5, 0.6) is 0 Å². The van der Waals surface area contributed by atoms with Crippen molar-refractivity contribution in [1.29, 1.82) is 0 Å². The Morgan fingerprint density at radius 2 is 1.39 bits per heavy atom. The molecule has 0 N–H and O–H groups in total. The molecule has 0 saturated carbocycles. The third-order valence-corrected chi connectivity index (χ3v) is 5.72. The van der Waals surface area contributed by atoms with Gasteiger partial charge in [-0.2, -0.15) is 0 Å². The minimum atomic E-state index is 0.693. The maximum Gasteiger partial charge on any atom is 0.196 e. The standard InChI is InChI=1S/C22H17Cl2N3S/c23-18-8-6-17(7-9-18)21-25-26-22(27(21)20-12-10-19(24)11-13-20)28-15-14-16-4-2-1-3-5-16/h1-13H,14-15H2. The Hall–Kier alpha value is -2.27. The molecule has 1 heterocycles. The van der Waals surface area contributed by atoms with Gasteiger partial charge in [0.05, 0.1) is 0 Å². The number of benzene rings is 3. The van der Waals surface area contributed by atoms with Crippen LogP contribution >= 0.6 is 35.0 Å². The van der Waals surface area contributed by atoms with E-state index in [0.29, 0.717) is 10.0 Å². The van der Waals surface area contributed by atoms with Gasteiger partial charge in [0.2, 0.25) is 0 Å². The van der Waals surface area contributed by atoms with Gasteiger partial charge >= 0.3 is 0 Å². The summed E-state index contributed by atoms with van der Waals surface area (Å²) in [4.78, 5) is 0. The van der Waals surface area contributed by atoms with Gasteiger partial charge in [0.25, 0.3) is 0 Å². The predicted octanol–water partition coefficient (Wildman–Crippen LogP) is 6.58. The first-order chi connectivity index (χ1) is 13.7. The zero-order valence-electron chi connectivity index (χ0n) is 14.9. The predicted molar refractivity (Wildman–Crippen MR) is 118 cm³/mol. The molecule has 4 aromatic rings. The maximum absolute atomic E-state index is 6.08. The molecule has 0 radical (unpaired) electrons. The molecular weight excluding hydrogens is 409 g/mol. The zero-order chi connectivity index (χ0) is 19.3. The third kappa shape index (κ3) is 4.41. The van der Waals surface area contributed by atoms with Crippen LogP contribution in [-0.4, -0.2) is 20.5 Å². The molecule has 140 valence electrons. The van der Waals surface area contributed by atoms with Crippen LogP contribution in [0.2, 0.25) is 10.0 Å². The summed E-state index contributed by atoms with van der Waals surface area (Å²) in [6, 6.07) is 25.8. The van der Waals surface area contributed by atoms with Gasteiger partial charge in [-0.1, -0.05) is 65.3 Å². The Kier molecular flexibility index (Phi) is 6.01. The lowest BCUT2D eigenvalue weighted by molar-refractivity contribution is 0.885. The van der Waals surface area contributed by atoms with Gasteiger partial charge in [-0.3, -0.25) is 4.57 Å². The number of rotatable bonds is 6. The summed E-state index contributed by atoms with van der Waals surface area (Å²) in [5, 5.41) is 11.2. The van der Waals surface area contributed by atoms with Crippen molar-refractivity contribution >= 4 is 35.0 Å². The number of thioether (sulfide) groups is 1. The molecule has 1 aromatic heterocycles. The second-order valence-electron chi connectivity index (χ2n) is 6.21. The van der Waals surface area contributed by atoms with Crippen LogP contribution in [0.3, 0.4) is 0 Å². The molecule has 0 spiro atoms. The van der Waals surface area contributed by atoms with Crippen molar-refractivity contribution in [3.05, 3.63) is 94.5 Å². The van der Waals surface area contributed by atoms with Crippen LogP contribution in [-0.2, 0) is 6.42 Å². The molecule has 4 rings (SSSR count). The monoisotopic (exact) mass is 425 g/mol. The van der Waals surface area contributed by atoms with E-state index in [1.807, 2.05) is 54.6 Å². The molecule has 0 aliphatic heterocycles. The fraction of sp³-hybridized carbons (Fsp3) is 0.0909. The normalized spacial score (nSPS) is 10.9. The van der Waals surface area contributed by atoms with Crippen molar-refractivity contribution in [1.82, 2.24) is 14.8 Å². The lowest BCUT2D eigenvalue weighted by Crippen LogP contribution is -2.00. The van der Waals surface area contributed by atoms with E-state index in [1.165, 1.54) is 5.56 Å². The topological polar surface area (TPSA) is 30.7 Å². The molecule has 0 fully saturated rings. The minimum Gasteiger partial charge on any atom is -0.270 e. The van der Waals surface area contributed by atoms with Crippen LogP contribution in [0.4, 0.5) is 0 Å². The van der Waals surface area contributed by atoms with Crippen LogP contribution in [0.15, 0.2) is 84.0 Å². The van der Waals surface area contributed by atoms with Gasteiger partial charge in [-0.05, 0) is 60.5 Å². The van der Waals surface area contributed by atoms with E-state index in [2.05, 4.69) is 39.0 Å². The van der Waals surface area contributed by atoms with E-state index >= 15 is 0 Å². The summed E-state index contributed by atoms with van der Waals surface area (Å²) < 4.78 is 2.06. The van der Waals surface area contributed by atoms with Crippen molar-refractivity contribution in [2.45, 2.75) is 11.6 Å². The summed E-state index contributed by atoms with van der Waals surface area (Å²) in [6.07, 6.45) is 0.968. The number of hydrogen-bond acceptors (Lipinski definition) is 3. The van der Waals surface area contributed by atoms with Gasteiger partial charge in [0.1, 0.15) is 0 Å². The largest absolute Gasteiger partial charge is 0.270 e. The molecule has 6 heteroatoms. The van der Waals surface area contributed by atoms with E-state index in [-0.39, 0.29) is 0 Å². The number of aromatic nitrogens is 3. The number of halogens is 2. The van der Waals surface area contributed by atoms with Crippen LogP contribution in [0, 0.1) is 0 Å². The Morgan fingerprint density at radius 1 is 0.750 bits per heavy atom. The molecule has 0 unspecified atom stereocenters. The van der Waals surface area contributed by atoms with E-state index < -0.39 is 0 Å². The summed E-state index contributed by atoms with van der Waals surface area (Å²) in [6.45, 7) is 0. The Bertz CT molecular complexity index is 1050. The lowest BCUT2D eigenvalue weighted by Gasteiger charge is -2.11. The SMILES string of the molecule is Clc1ccc(-c2nnc(SCCc3ccccc3)n2-c2ccc(Cl)cc2)cc1. The fourth-order valence-corrected chi connectivity index (χ4v) is 4.07. The van der Waals surface area contributed by atoms with Crippen LogP contribution < -0.4 is 0 Å². The Labute approximate surface area is 178 Å². The first kappa shape index (κ1) is 19.1. The van der Waals surface area contributed by atoms with E-state index in [0.717, 1.165) is 34.4 Å². The first-order valence-corrected chi connectivity index (χ1v) is 10.6. The summed E-state index contributed by atoms with van der Waals surface area (Å²) in [5.74, 6) is 1.69. The number of nitrogens with zero attached hydrogens (tertiary/aromatic N) is 3. The van der Waals surface area contributed by atoms with Gasteiger partial charge in [0, 0.05) is 27.0 Å². The molecule has 3 aromatic carbocycles. The molecular formula is C22H17Cl2N3S. The van der Waals surface area contributed by atoms with Crippen molar-refractivity contribution in [2.75, 3.05) is 5.75 Å². The lowest BCUT2D eigenvalue weighted by atomic mass is 10.2. The van der Waals surface area contributed by atoms with E-state index in [9.17, 15) is 0 Å². The Balaban J connectivity index is 1.65. The highest BCUT2D eigenvalue weighted by Crippen LogP contribution is 2.29. The molecule has 0 atom stereocenters. The van der Waals surface area contributed by atoms with Gasteiger partial charge in [0.15, 0.2) is 11.0 Å². The molecule has 0 amide bonds. The summed E-state index contributed by atoms with van der Waals surface area (Å²) in [7, 11) is 0. The van der Waals surface area contributed by atoms with E-state index in [1.54, 1.807) is 11.8 Å². The van der Waals surface area contributed by atoms with Crippen LogP contribution in [0.25, 0.3) is 17.1 Å². The second-order valence-corrected chi connectivity index (χ2v) is 8.14. The smallest absolute Gasteiger partial charge is 0.196 e. The van der Waals surface area contributed by atoms with E-state index in [4.69, 9.17) is 23.2 Å². The average Bonchev–Trinajstić information content (AvgIpc) is 3.14. The number of hydrogen-bond donors (Lipinski definition) is 0. The van der Waals surface area contributed by atoms with Crippen LogP contribution in [0.1, 0.15) is 5.56 Å².